The summed E-state index contributed by atoms with van der Waals surface area (Å²) in [5.74, 6) is 0.568. The van der Waals surface area contributed by atoms with Gasteiger partial charge < -0.3 is 14.8 Å². The highest BCUT2D eigenvalue weighted by Crippen LogP contribution is 2.25. The van der Waals surface area contributed by atoms with Gasteiger partial charge in [0.25, 0.3) is 0 Å². The lowest BCUT2D eigenvalue weighted by Gasteiger charge is -2.27. The van der Waals surface area contributed by atoms with Crippen molar-refractivity contribution in [3.63, 3.8) is 0 Å². The van der Waals surface area contributed by atoms with Gasteiger partial charge in [0, 0.05) is 12.6 Å². The Morgan fingerprint density at radius 1 is 1.37 bits per heavy atom. The number of nitrogens with one attached hydrogen (secondary N) is 1. The zero-order valence-corrected chi connectivity index (χ0v) is 12.8. The molecule has 1 fully saturated rings. The molecule has 4 heteroatoms. The highest BCUT2D eigenvalue weighted by atomic mass is 16.5. The van der Waals surface area contributed by atoms with E-state index in [4.69, 9.17) is 9.47 Å². The fourth-order valence-corrected chi connectivity index (χ4v) is 2.70. The maximum Gasteiger partial charge on any atom is 0.322 e. The predicted molar refractivity (Wildman–Crippen MR) is 76.1 cm³/mol. The van der Waals surface area contributed by atoms with Crippen LogP contribution in [0.4, 0.5) is 0 Å². The molecule has 0 aromatic heterocycles. The van der Waals surface area contributed by atoms with Crippen molar-refractivity contribution in [1.29, 1.82) is 0 Å². The molecule has 1 rings (SSSR count). The summed E-state index contributed by atoms with van der Waals surface area (Å²) in [5.41, 5.74) is 0. The number of ether oxygens (including phenoxy) is 2. The smallest absolute Gasteiger partial charge is 0.322 e. The molecule has 1 aliphatic rings. The van der Waals surface area contributed by atoms with Crippen LogP contribution in [0.5, 0.6) is 0 Å². The van der Waals surface area contributed by atoms with Gasteiger partial charge in [0.15, 0.2) is 0 Å². The van der Waals surface area contributed by atoms with Crippen molar-refractivity contribution < 1.29 is 14.3 Å². The van der Waals surface area contributed by atoms with Crippen LogP contribution in [0.25, 0.3) is 0 Å². The topological polar surface area (TPSA) is 47.6 Å². The van der Waals surface area contributed by atoms with E-state index in [9.17, 15) is 4.79 Å². The molecule has 0 aromatic carbocycles. The minimum absolute atomic E-state index is 0.200. The van der Waals surface area contributed by atoms with Gasteiger partial charge in [-0.15, -0.1) is 0 Å². The van der Waals surface area contributed by atoms with Gasteiger partial charge in [-0.1, -0.05) is 33.6 Å². The number of carbonyl (C=O) groups excluding carboxylic acids is 1. The van der Waals surface area contributed by atoms with E-state index in [0.29, 0.717) is 19.1 Å². The summed E-state index contributed by atoms with van der Waals surface area (Å²) in [6.07, 6.45) is 5.94. The molecule has 4 nitrogen and oxygen atoms in total. The van der Waals surface area contributed by atoms with Crippen molar-refractivity contribution in [3.8, 4) is 0 Å². The average Bonchev–Trinajstić information content (AvgIpc) is 2.36. The molecule has 1 aliphatic carbocycles. The van der Waals surface area contributed by atoms with Gasteiger partial charge >= 0.3 is 5.97 Å². The van der Waals surface area contributed by atoms with Crippen molar-refractivity contribution in [1.82, 2.24) is 5.32 Å². The second-order valence-electron chi connectivity index (χ2n) is 5.95. The van der Waals surface area contributed by atoms with E-state index in [-0.39, 0.29) is 18.1 Å². The molecule has 1 saturated carbocycles. The standard InChI is InChI=1S/C15H29NO3/c1-11(2)16-14(15(17)18-4)8-9-19-13-7-5-6-12(3)10-13/h11-14,16H,5-10H2,1-4H3. The van der Waals surface area contributed by atoms with Gasteiger partial charge in [-0.25, -0.2) is 0 Å². The third-order valence-electron chi connectivity index (χ3n) is 3.67. The zero-order chi connectivity index (χ0) is 14.3. The minimum atomic E-state index is -0.258. The first-order valence-corrected chi connectivity index (χ1v) is 7.48. The van der Waals surface area contributed by atoms with E-state index in [2.05, 4.69) is 12.2 Å². The van der Waals surface area contributed by atoms with Crippen molar-refractivity contribution >= 4 is 5.97 Å². The van der Waals surface area contributed by atoms with Gasteiger partial charge in [0.05, 0.1) is 13.2 Å². The molecule has 1 N–H and O–H groups in total. The second kappa shape index (κ2) is 8.54. The van der Waals surface area contributed by atoms with Crippen molar-refractivity contribution in [2.75, 3.05) is 13.7 Å². The Hall–Kier alpha value is -0.610. The molecule has 0 aliphatic heterocycles. The fraction of sp³-hybridized carbons (Fsp3) is 0.933. The molecule has 0 saturated heterocycles. The summed E-state index contributed by atoms with van der Waals surface area (Å²) in [5, 5.41) is 3.22. The summed E-state index contributed by atoms with van der Waals surface area (Å²) in [4.78, 5) is 11.6. The van der Waals surface area contributed by atoms with Gasteiger partial charge in [-0.3, -0.25) is 4.79 Å². The highest BCUT2D eigenvalue weighted by Gasteiger charge is 2.22. The summed E-state index contributed by atoms with van der Waals surface area (Å²) in [7, 11) is 1.43. The van der Waals surface area contributed by atoms with Crippen LogP contribution in [0.3, 0.4) is 0 Å². The van der Waals surface area contributed by atoms with Gasteiger partial charge in [0.1, 0.15) is 6.04 Å². The van der Waals surface area contributed by atoms with Crippen LogP contribution in [0.15, 0.2) is 0 Å². The van der Waals surface area contributed by atoms with E-state index in [1.54, 1.807) is 0 Å². The van der Waals surface area contributed by atoms with Gasteiger partial charge in [0.2, 0.25) is 0 Å². The monoisotopic (exact) mass is 271 g/mol. The van der Waals surface area contributed by atoms with Gasteiger partial charge in [-0.05, 0) is 25.2 Å². The molecule has 0 amide bonds. The summed E-state index contributed by atoms with van der Waals surface area (Å²) in [6.45, 7) is 6.96. The Bertz CT molecular complexity index is 268. The van der Waals surface area contributed by atoms with Crippen LogP contribution in [0.2, 0.25) is 0 Å². The SMILES string of the molecule is COC(=O)C(CCOC1CCCC(C)C1)NC(C)C. The normalized spacial score (nSPS) is 25.3. The van der Waals surface area contributed by atoms with E-state index >= 15 is 0 Å². The molecule has 0 radical (unpaired) electrons. The molecule has 3 atom stereocenters. The van der Waals surface area contributed by atoms with Crippen molar-refractivity contribution in [3.05, 3.63) is 0 Å². The quantitative estimate of drug-likeness (QED) is 0.723. The Balaban J connectivity index is 2.28. The summed E-state index contributed by atoms with van der Waals surface area (Å²) < 4.78 is 10.7. The molecule has 0 spiro atoms. The number of esters is 1. The molecular formula is C15H29NO3. The molecule has 0 heterocycles. The maximum atomic E-state index is 11.6. The fourth-order valence-electron chi connectivity index (χ4n) is 2.70. The maximum absolute atomic E-state index is 11.6. The number of methoxy groups -OCH3 is 1. The van der Waals surface area contributed by atoms with Crippen LogP contribution < -0.4 is 5.32 Å². The second-order valence-corrected chi connectivity index (χ2v) is 5.95. The number of hydrogen-bond donors (Lipinski definition) is 1. The van der Waals surface area contributed by atoms with Crippen molar-refractivity contribution in [2.24, 2.45) is 5.92 Å². The van der Waals surface area contributed by atoms with E-state index < -0.39 is 0 Å². The molecule has 0 bridgehead atoms. The Kier molecular flexibility index (Phi) is 7.39. The van der Waals surface area contributed by atoms with Crippen LogP contribution in [0, 0.1) is 5.92 Å². The Morgan fingerprint density at radius 2 is 2.11 bits per heavy atom. The molecule has 19 heavy (non-hydrogen) atoms. The number of rotatable bonds is 7. The highest BCUT2D eigenvalue weighted by molar-refractivity contribution is 5.75. The third-order valence-corrected chi connectivity index (χ3v) is 3.67. The third kappa shape index (κ3) is 6.39. The lowest BCUT2D eigenvalue weighted by atomic mass is 9.89. The summed E-state index contributed by atoms with van der Waals surface area (Å²) in [6, 6.07) is 0.00446. The first-order valence-electron chi connectivity index (χ1n) is 7.48. The lowest BCUT2D eigenvalue weighted by molar-refractivity contribution is -0.144. The number of hydrogen-bond acceptors (Lipinski definition) is 4. The van der Waals surface area contributed by atoms with Crippen LogP contribution >= 0.6 is 0 Å². The lowest BCUT2D eigenvalue weighted by Crippen LogP contribution is -2.42. The molecule has 3 unspecified atom stereocenters. The minimum Gasteiger partial charge on any atom is -0.468 e. The van der Waals surface area contributed by atoms with Crippen LogP contribution in [0.1, 0.15) is 52.9 Å². The first-order chi connectivity index (χ1) is 9.02. The molecule has 112 valence electrons. The van der Waals surface area contributed by atoms with E-state index in [1.807, 2.05) is 13.8 Å². The first kappa shape index (κ1) is 16.4. The van der Waals surface area contributed by atoms with E-state index in [1.165, 1.54) is 20.0 Å². The Labute approximate surface area is 117 Å². The van der Waals surface area contributed by atoms with Crippen LogP contribution in [-0.2, 0) is 14.3 Å². The molecule has 0 aromatic rings. The Morgan fingerprint density at radius 3 is 2.68 bits per heavy atom. The van der Waals surface area contributed by atoms with E-state index in [0.717, 1.165) is 18.8 Å². The number of carbonyl (C=O) groups is 1. The van der Waals surface area contributed by atoms with Crippen LogP contribution in [-0.4, -0.2) is 37.9 Å². The van der Waals surface area contributed by atoms with Crippen molar-refractivity contribution in [2.45, 2.75) is 71.1 Å². The van der Waals surface area contributed by atoms with Gasteiger partial charge in [-0.2, -0.15) is 0 Å². The largest absolute Gasteiger partial charge is 0.468 e. The average molecular weight is 271 g/mol. The molecular weight excluding hydrogens is 242 g/mol. The zero-order valence-electron chi connectivity index (χ0n) is 12.8. The predicted octanol–water partition coefficient (Wildman–Crippen LogP) is 2.51. The summed E-state index contributed by atoms with van der Waals surface area (Å²) >= 11 is 0.